The van der Waals surface area contributed by atoms with Gasteiger partial charge in [-0.3, -0.25) is 4.79 Å². The summed E-state index contributed by atoms with van der Waals surface area (Å²) < 4.78 is 9.77. The Kier molecular flexibility index (Phi) is 3.05. The Bertz CT molecular complexity index is 333. The molecule has 1 atom stereocenters. The molecule has 3 N–H and O–H groups in total. The van der Waals surface area contributed by atoms with Gasteiger partial charge in [0.05, 0.1) is 26.0 Å². The number of methoxy groups -OCH3 is 1. The summed E-state index contributed by atoms with van der Waals surface area (Å²) >= 11 is 0. The minimum atomic E-state index is -0.733. The van der Waals surface area contributed by atoms with Gasteiger partial charge in [0.15, 0.2) is 5.76 Å². The molecule has 5 nitrogen and oxygen atoms in total. The van der Waals surface area contributed by atoms with Crippen molar-refractivity contribution in [2.24, 2.45) is 5.73 Å². The van der Waals surface area contributed by atoms with Crippen LogP contribution in [0.25, 0.3) is 0 Å². The molecule has 1 heterocycles. The van der Waals surface area contributed by atoms with Crippen LogP contribution in [0, 0.1) is 0 Å². The van der Waals surface area contributed by atoms with Gasteiger partial charge in [-0.1, -0.05) is 0 Å². The van der Waals surface area contributed by atoms with E-state index in [9.17, 15) is 4.79 Å². The molecular weight excluding hydrogens is 174 g/mol. The number of hydrogen-bond donors (Lipinski definition) is 2. The van der Waals surface area contributed by atoms with Gasteiger partial charge in [0, 0.05) is 6.07 Å². The molecule has 0 bridgehead atoms. The average molecular weight is 185 g/mol. The van der Waals surface area contributed by atoms with Crippen molar-refractivity contribution in [2.45, 2.75) is 6.04 Å². The Labute approximate surface area is 74.7 Å². The first-order chi connectivity index (χ1) is 6.20. The van der Waals surface area contributed by atoms with Crippen LogP contribution in [0.3, 0.4) is 0 Å². The fourth-order valence-corrected chi connectivity index (χ4v) is 0.960. The Hall–Kier alpha value is -1.33. The van der Waals surface area contributed by atoms with Crippen molar-refractivity contribution in [3.05, 3.63) is 28.3 Å². The number of ether oxygens (including phenoxy) is 1. The van der Waals surface area contributed by atoms with E-state index in [0.29, 0.717) is 0 Å². The van der Waals surface area contributed by atoms with Crippen molar-refractivity contribution in [3.63, 3.8) is 0 Å². The summed E-state index contributed by atoms with van der Waals surface area (Å²) in [5.74, 6) is 0.210. The third-order valence-corrected chi connectivity index (χ3v) is 1.60. The lowest BCUT2D eigenvalue weighted by Gasteiger charge is -2.09. The quantitative estimate of drug-likeness (QED) is 0.671. The molecule has 0 aliphatic rings. The monoisotopic (exact) mass is 185 g/mol. The minimum Gasteiger partial charge on any atom is -0.490 e. The molecule has 0 saturated carbocycles. The summed E-state index contributed by atoms with van der Waals surface area (Å²) in [5, 5.41) is 8.76. The summed E-state index contributed by atoms with van der Waals surface area (Å²) in [7, 11) is 1.35. The molecule has 1 rings (SSSR count). The van der Waals surface area contributed by atoms with Crippen LogP contribution in [0.1, 0.15) is 11.8 Å². The van der Waals surface area contributed by atoms with E-state index in [1.807, 2.05) is 0 Å². The van der Waals surface area contributed by atoms with Crippen molar-refractivity contribution < 1.29 is 14.3 Å². The van der Waals surface area contributed by atoms with Crippen molar-refractivity contribution >= 4 is 0 Å². The van der Waals surface area contributed by atoms with Gasteiger partial charge in [0.1, 0.15) is 0 Å². The zero-order valence-corrected chi connectivity index (χ0v) is 7.19. The second-order valence-electron chi connectivity index (χ2n) is 2.47. The highest BCUT2D eigenvalue weighted by Gasteiger charge is 2.16. The maximum atomic E-state index is 11.2. The van der Waals surface area contributed by atoms with Gasteiger partial charge in [-0.25, -0.2) is 0 Å². The first-order valence-electron chi connectivity index (χ1n) is 3.72. The topological polar surface area (TPSA) is 85.7 Å². The second-order valence-corrected chi connectivity index (χ2v) is 2.47. The molecule has 5 heteroatoms. The van der Waals surface area contributed by atoms with Gasteiger partial charge >= 0.3 is 0 Å². The molecule has 0 radical (unpaired) electrons. The van der Waals surface area contributed by atoms with Gasteiger partial charge in [0.2, 0.25) is 11.2 Å². The number of rotatable bonds is 3. The third kappa shape index (κ3) is 1.88. The molecule has 1 aromatic heterocycles. The fraction of sp³-hybridized carbons (Fsp3) is 0.375. The molecule has 0 aliphatic carbocycles. The molecule has 0 amide bonds. The van der Waals surface area contributed by atoms with E-state index in [1.54, 1.807) is 0 Å². The maximum Gasteiger partial charge on any atom is 0.227 e. The predicted molar refractivity (Wildman–Crippen MR) is 45.5 cm³/mol. The van der Waals surface area contributed by atoms with Gasteiger partial charge < -0.3 is 20.0 Å². The Morgan fingerprint density at radius 1 is 1.77 bits per heavy atom. The smallest absolute Gasteiger partial charge is 0.227 e. The molecule has 0 spiro atoms. The summed E-state index contributed by atoms with van der Waals surface area (Å²) in [6.07, 6.45) is 1.22. The summed E-state index contributed by atoms with van der Waals surface area (Å²) in [5.41, 5.74) is 5.16. The van der Waals surface area contributed by atoms with Gasteiger partial charge in [0.25, 0.3) is 0 Å². The Morgan fingerprint density at radius 2 is 2.46 bits per heavy atom. The highest BCUT2D eigenvalue weighted by atomic mass is 16.5. The van der Waals surface area contributed by atoms with Crippen LogP contribution in [-0.2, 0) is 0 Å². The molecule has 0 aromatic carbocycles. The number of aliphatic hydroxyl groups excluding tert-OH is 1. The molecule has 1 aromatic rings. The van der Waals surface area contributed by atoms with Crippen molar-refractivity contribution in [2.75, 3.05) is 13.7 Å². The van der Waals surface area contributed by atoms with Crippen LogP contribution < -0.4 is 15.9 Å². The average Bonchev–Trinajstić information content (AvgIpc) is 2.16. The van der Waals surface area contributed by atoms with E-state index in [4.69, 9.17) is 20.0 Å². The predicted octanol–water partition coefficient (Wildman–Crippen LogP) is -0.359. The zero-order chi connectivity index (χ0) is 9.84. The Balaban J connectivity index is 3.20. The molecule has 1 unspecified atom stereocenters. The van der Waals surface area contributed by atoms with E-state index in [0.717, 1.165) is 0 Å². The molecule has 13 heavy (non-hydrogen) atoms. The summed E-state index contributed by atoms with van der Waals surface area (Å²) in [6.45, 7) is -0.302. The number of nitrogens with two attached hydrogens (primary N) is 1. The molecular formula is C8H11NO4. The van der Waals surface area contributed by atoms with E-state index in [2.05, 4.69) is 0 Å². The van der Waals surface area contributed by atoms with Crippen molar-refractivity contribution in [1.82, 2.24) is 0 Å². The van der Waals surface area contributed by atoms with Crippen LogP contribution >= 0.6 is 0 Å². The first-order valence-corrected chi connectivity index (χ1v) is 3.72. The SMILES string of the molecule is COc1c(C(N)CO)occc1=O. The highest BCUT2D eigenvalue weighted by Crippen LogP contribution is 2.18. The number of aliphatic hydroxyl groups is 1. The van der Waals surface area contributed by atoms with Gasteiger partial charge in [-0.15, -0.1) is 0 Å². The minimum absolute atomic E-state index is 0.0454. The first kappa shape index (κ1) is 9.76. The van der Waals surface area contributed by atoms with E-state index in [-0.39, 0.29) is 23.5 Å². The third-order valence-electron chi connectivity index (χ3n) is 1.60. The lowest BCUT2D eigenvalue weighted by molar-refractivity contribution is 0.242. The van der Waals surface area contributed by atoms with Crippen LogP contribution in [-0.4, -0.2) is 18.8 Å². The van der Waals surface area contributed by atoms with E-state index < -0.39 is 6.04 Å². The largest absolute Gasteiger partial charge is 0.490 e. The van der Waals surface area contributed by atoms with Crippen molar-refractivity contribution in [3.8, 4) is 5.75 Å². The highest BCUT2D eigenvalue weighted by molar-refractivity contribution is 5.26. The Morgan fingerprint density at radius 3 is 3.00 bits per heavy atom. The van der Waals surface area contributed by atoms with Crippen LogP contribution in [0.4, 0.5) is 0 Å². The fourth-order valence-electron chi connectivity index (χ4n) is 0.960. The zero-order valence-electron chi connectivity index (χ0n) is 7.19. The number of hydrogen-bond acceptors (Lipinski definition) is 5. The van der Waals surface area contributed by atoms with Crippen LogP contribution in [0.2, 0.25) is 0 Å². The van der Waals surface area contributed by atoms with Crippen LogP contribution in [0.5, 0.6) is 5.75 Å². The van der Waals surface area contributed by atoms with E-state index in [1.165, 1.54) is 19.4 Å². The normalized spacial score (nSPS) is 12.5. The van der Waals surface area contributed by atoms with Gasteiger partial charge in [-0.2, -0.15) is 0 Å². The van der Waals surface area contributed by atoms with Crippen molar-refractivity contribution in [1.29, 1.82) is 0 Å². The summed E-state index contributed by atoms with van der Waals surface area (Å²) in [6, 6.07) is 0.496. The molecule has 72 valence electrons. The van der Waals surface area contributed by atoms with Crippen LogP contribution in [0.15, 0.2) is 21.5 Å². The lowest BCUT2D eigenvalue weighted by atomic mass is 10.2. The standard InChI is InChI=1S/C8H11NO4/c1-12-8-6(11)2-3-13-7(8)5(9)4-10/h2-3,5,10H,4,9H2,1H3. The molecule has 0 saturated heterocycles. The maximum absolute atomic E-state index is 11.2. The summed E-state index contributed by atoms with van der Waals surface area (Å²) in [4.78, 5) is 11.2. The van der Waals surface area contributed by atoms with E-state index >= 15 is 0 Å². The lowest BCUT2D eigenvalue weighted by Crippen LogP contribution is -2.18. The second kappa shape index (κ2) is 4.06. The van der Waals surface area contributed by atoms with Gasteiger partial charge in [-0.05, 0) is 0 Å². The molecule has 0 aliphatic heterocycles. The molecule has 0 fully saturated rings.